The molecule has 0 aliphatic heterocycles. The van der Waals surface area contributed by atoms with E-state index in [1.54, 1.807) is 7.11 Å². The van der Waals surface area contributed by atoms with Crippen LogP contribution >= 0.6 is 0 Å². The summed E-state index contributed by atoms with van der Waals surface area (Å²) in [6.45, 7) is 0.693. The number of rotatable bonds is 4. The standard InChI is InChI=1S/C13H22F3NO/c1-18-12(6-3-7-12)9-17-11-5-2-4-10(8-11)13(14,15)16/h10-11,17H,2-9H2,1H3/t10-,11+/m0/s1. The Morgan fingerprint density at radius 3 is 2.44 bits per heavy atom. The summed E-state index contributed by atoms with van der Waals surface area (Å²) in [5, 5.41) is 3.29. The molecule has 0 unspecified atom stereocenters. The lowest BCUT2D eigenvalue weighted by molar-refractivity contribution is -0.184. The molecular formula is C13H22F3NO. The lowest BCUT2D eigenvalue weighted by atomic mass is 9.79. The number of ether oxygens (including phenoxy) is 1. The van der Waals surface area contributed by atoms with Crippen molar-refractivity contribution in [1.29, 1.82) is 0 Å². The van der Waals surface area contributed by atoms with Crippen molar-refractivity contribution < 1.29 is 17.9 Å². The van der Waals surface area contributed by atoms with Crippen molar-refractivity contribution in [3.8, 4) is 0 Å². The molecule has 2 saturated carbocycles. The van der Waals surface area contributed by atoms with Crippen molar-refractivity contribution in [2.45, 2.75) is 62.8 Å². The van der Waals surface area contributed by atoms with E-state index in [1.165, 1.54) is 0 Å². The summed E-state index contributed by atoms with van der Waals surface area (Å²) in [7, 11) is 1.69. The average molecular weight is 265 g/mol. The fraction of sp³-hybridized carbons (Fsp3) is 1.00. The Labute approximate surface area is 106 Å². The van der Waals surface area contributed by atoms with E-state index in [9.17, 15) is 13.2 Å². The second kappa shape index (κ2) is 5.37. The monoisotopic (exact) mass is 265 g/mol. The van der Waals surface area contributed by atoms with Crippen LogP contribution in [0.1, 0.15) is 44.9 Å². The average Bonchev–Trinajstić information content (AvgIpc) is 2.27. The SMILES string of the molecule is COC1(CN[C@@H]2CCC[C@H](C(F)(F)F)C2)CCC1. The lowest BCUT2D eigenvalue weighted by Crippen LogP contribution is -2.51. The summed E-state index contributed by atoms with van der Waals surface area (Å²) in [5.41, 5.74) is -0.106. The predicted molar refractivity (Wildman–Crippen MR) is 63.4 cm³/mol. The van der Waals surface area contributed by atoms with Crippen LogP contribution in [0.15, 0.2) is 0 Å². The van der Waals surface area contributed by atoms with Gasteiger partial charge in [0, 0.05) is 19.7 Å². The van der Waals surface area contributed by atoms with E-state index in [-0.39, 0.29) is 24.5 Å². The first-order chi connectivity index (χ1) is 8.45. The number of hydrogen-bond acceptors (Lipinski definition) is 2. The van der Waals surface area contributed by atoms with Crippen molar-refractivity contribution in [3.05, 3.63) is 0 Å². The highest BCUT2D eigenvalue weighted by atomic mass is 19.4. The normalized spacial score (nSPS) is 32.0. The molecule has 0 aromatic carbocycles. The molecular weight excluding hydrogens is 243 g/mol. The Morgan fingerprint density at radius 2 is 1.94 bits per heavy atom. The molecule has 106 valence electrons. The number of hydrogen-bond donors (Lipinski definition) is 1. The van der Waals surface area contributed by atoms with Crippen molar-refractivity contribution in [1.82, 2.24) is 5.32 Å². The second-order valence-corrected chi connectivity index (χ2v) is 5.72. The molecule has 2 aliphatic rings. The van der Waals surface area contributed by atoms with E-state index >= 15 is 0 Å². The van der Waals surface area contributed by atoms with Crippen LogP contribution < -0.4 is 5.32 Å². The molecule has 2 rings (SSSR count). The number of halogens is 3. The zero-order chi connectivity index (χ0) is 13.2. The topological polar surface area (TPSA) is 21.3 Å². The Balaban J connectivity index is 1.79. The van der Waals surface area contributed by atoms with Gasteiger partial charge in [-0.05, 0) is 38.5 Å². The number of nitrogens with one attached hydrogen (secondary N) is 1. The molecule has 0 aromatic heterocycles. The van der Waals surface area contributed by atoms with Crippen LogP contribution in [0.5, 0.6) is 0 Å². The van der Waals surface area contributed by atoms with Crippen molar-refractivity contribution in [2.75, 3.05) is 13.7 Å². The quantitative estimate of drug-likeness (QED) is 0.842. The Morgan fingerprint density at radius 1 is 1.22 bits per heavy atom. The summed E-state index contributed by atoms with van der Waals surface area (Å²) in [5.74, 6) is -1.12. The number of alkyl halides is 3. The van der Waals surface area contributed by atoms with Crippen LogP contribution in [0.2, 0.25) is 0 Å². The van der Waals surface area contributed by atoms with Gasteiger partial charge in [0.1, 0.15) is 0 Å². The van der Waals surface area contributed by atoms with Crippen LogP contribution in [0, 0.1) is 5.92 Å². The third-order valence-corrected chi connectivity index (χ3v) is 4.55. The molecule has 0 radical (unpaired) electrons. The van der Waals surface area contributed by atoms with Gasteiger partial charge in [0.05, 0.1) is 11.5 Å². The van der Waals surface area contributed by atoms with Crippen LogP contribution in [0.25, 0.3) is 0 Å². The van der Waals surface area contributed by atoms with Crippen molar-refractivity contribution >= 4 is 0 Å². The van der Waals surface area contributed by atoms with E-state index in [0.717, 1.165) is 25.7 Å². The summed E-state index contributed by atoms with van der Waals surface area (Å²) >= 11 is 0. The van der Waals surface area contributed by atoms with E-state index < -0.39 is 12.1 Å². The molecule has 2 nitrogen and oxygen atoms in total. The van der Waals surface area contributed by atoms with Crippen LogP contribution in [-0.4, -0.2) is 31.5 Å². The Kier molecular flexibility index (Phi) is 4.22. The third kappa shape index (κ3) is 3.18. The smallest absolute Gasteiger partial charge is 0.377 e. The maximum absolute atomic E-state index is 12.7. The Bertz CT molecular complexity index is 270. The molecule has 2 aliphatic carbocycles. The molecule has 2 fully saturated rings. The molecule has 1 N–H and O–H groups in total. The second-order valence-electron chi connectivity index (χ2n) is 5.72. The molecule has 0 spiro atoms. The Hall–Kier alpha value is -0.290. The van der Waals surface area contributed by atoms with Gasteiger partial charge in [0.2, 0.25) is 0 Å². The zero-order valence-corrected chi connectivity index (χ0v) is 10.9. The summed E-state index contributed by atoms with van der Waals surface area (Å²) in [6.07, 6.45) is 1.20. The van der Waals surface area contributed by atoms with E-state index in [4.69, 9.17) is 4.74 Å². The minimum atomic E-state index is -4.03. The number of methoxy groups -OCH3 is 1. The van der Waals surface area contributed by atoms with Gasteiger partial charge in [-0.3, -0.25) is 0 Å². The fourth-order valence-electron chi connectivity index (χ4n) is 3.03. The van der Waals surface area contributed by atoms with Crippen LogP contribution in [0.3, 0.4) is 0 Å². The first-order valence-electron chi connectivity index (χ1n) is 6.80. The summed E-state index contributed by atoms with van der Waals surface area (Å²) < 4.78 is 43.5. The molecule has 0 amide bonds. The van der Waals surface area contributed by atoms with Gasteiger partial charge in [-0.25, -0.2) is 0 Å². The maximum Gasteiger partial charge on any atom is 0.391 e. The van der Waals surface area contributed by atoms with Gasteiger partial charge in [-0.2, -0.15) is 13.2 Å². The molecule has 0 bridgehead atoms. The zero-order valence-electron chi connectivity index (χ0n) is 10.9. The minimum absolute atomic E-state index is 0.00185. The predicted octanol–water partition coefficient (Wildman–Crippen LogP) is 3.27. The highest BCUT2D eigenvalue weighted by molar-refractivity contribution is 4.93. The first kappa shape index (κ1) is 14.1. The molecule has 0 saturated heterocycles. The lowest BCUT2D eigenvalue weighted by Gasteiger charge is -2.42. The van der Waals surface area contributed by atoms with Crippen molar-refractivity contribution in [2.24, 2.45) is 5.92 Å². The van der Waals surface area contributed by atoms with Gasteiger partial charge in [0.15, 0.2) is 0 Å². The maximum atomic E-state index is 12.7. The van der Waals surface area contributed by atoms with Gasteiger partial charge in [0.25, 0.3) is 0 Å². The third-order valence-electron chi connectivity index (χ3n) is 4.55. The van der Waals surface area contributed by atoms with Gasteiger partial charge < -0.3 is 10.1 Å². The molecule has 18 heavy (non-hydrogen) atoms. The largest absolute Gasteiger partial charge is 0.391 e. The minimum Gasteiger partial charge on any atom is -0.377 e. The molecule has 0 heterocycles. The van der Waals surface area contributed by atoms with Gasteiger partial charge in [-0.1, -0.05) is 6.42 Å². The van der Waals surface area contributed by atoms with E-state index in [0.29, 0.717) is 13.0 Å². The summed E-state index contributed by atoms with van der Waals surface area (Å²) in [6, 6.07) is -0.00185. The highest BCUT2D eigenvalue weighted by Crippen LogP contribution is 2.38. The van der Waals surface area contributed by atoms with Gasteiger partial charge >= 0.3 is 6.18 Å². The molecule has 2 atom stereocenters. The molecule has 5 heteroatoms. The summed E-state index contributed by atoms with van der Waals surface area (Å²) in [4.78, 5) is 0. The van der Waals surface area contributed by atoms with Crippen LogP contribution in [-0.2, 0) is 4.74 Å². The van der Waals surface area contributed by atoms with Crippen molar-refractivity contribution in [3.63, 3.8) is 0 Å². The fourth-order valence-corrected chi connectivity index (χ4v) is 3.03. The highest BCUT2D eigenvalue weighted by Gasteiger charge is 2.43. The van der Waals surface area contributed by atoms with E-state index in [1.807, 2.05) is 0 Å². The first-order valence-corrected chi connectivity index (χ1v) is 6.80. The van der Waals surface area contributed by atoms with Gasteiger partial charge in [-0.15, -0.1) is 0 Å². The van der Waals surface area contributed by atoms with E-state index in [2.05, 4.69) is 5.32 Å². The molecule has 0 aromatic rings. The van der Waals surface area contributed by atoms with Crippen LogP contribution in [0.4, 0.5) is 13.2 Å².